The van der Waals surface area contributed by atoms with Gasteiger partial charge in [0, 0.05) is 6.54 Å². The van der Waals surface area contributed by atoms with Gasteiger partial charge in [-0.2, -0.15) is 0 Å². The Kier molecular flexibility index (Phi) is 5.64. The second-order valence-electron chi connectivity index (χ2n) is 4.36. The zero-order valence-corrected chi connectivity index (χ0v) is 15.1. The van der Waals surface area contributed by atoms with Crippen molar-refractivity contribution in [1.29, 1.82) is 0 Å². The first-order chi connectivity index (χ1) is 10.1. The molecule has 21 heavy (non-hydrogen) atoms. The van der Waals surface area contributed by atoms with Crippen LogP contribution >= 0.6 is 34.2 Å². The molecule has 0 spiro atoms. The number of hydrogen-bond donors (Lipinski definition) is 1. The van der Waals surface area contributed by atoms with Gasteiger partial charge in [-0.3, -0.25) is 0 Å². The van der Waals surface area contributed by atoms with Crippen molar-refractivity contribution in [3.05, 3.63) is 32.5 Å². The van der Waals surface area contributed by atoms with E-state index in [9.17, 15) is 0 Å². The van der Waals surface area contributed by atoms with Crippen molar-refractivity contribution in [2.24, 2.45) is 0 Å². The van der Waals surface area contributed by atoms with Gasteiger partial charge in [-0.05, 0) is 48.1 Å². The molecule has 2 aromatic rings. The monoisotopic (exact) mass is 417 g/mol. The Morgan fingerprint density at radius 2 is 2.05 bits per heavy atom. The predicted molar refractivity (Wildman–Crippen MR) is 95.3 cm³/mol. The Morgan fingerprint density at radius 3 is 2.67 bits per heavy atom. The first-order valence-electron chi connectivity index (χ1n) is 6.75. The van der Waals surface area contributed by atoms with E-state index in [1.54, 1.807) is 7.11 Å². The maximum atomic E-state index is 6.33. The molecule has 1 heterocycles. The van der Waals surface area contributed by atoms with Crippen LogP contribution in [0.2, 0.25) is 5.02 Å². The van der Waals surface area contributed by atoms with E-state index in [-0.39, 0.29) is 0 Å². The molecular weight excluding hydrogens is 401 g/mol. The highest BCUT2D eigenvalue weighted by molar-refractivity contribution is 14.1. The number of nitrogens with one attached hydrogen (secondary N) is 1. The van der Waals surface area contributed by atoms with Crippen LogP contribution in [0.15, 0.2) is 18.2 Å². The van der Waals surface area contributed by atoms with E-state index < -0.39 is 0 Å². The smallest absolute Gasteiger partial charge is 0.167 e. The predicted octanol–water partition coefficient (Wildman–Crippen LogP) is 4.40. The Balaban J connectivity index is 2.67. The van der Waals surface area contributed by atoms with Gasteiger partial charge in [0.1, 0.15) is 11.6 Å². The number of aromatic nitrogens is 2. The van der Waals surface area contributed by atoms with E-state index in [2.05, 4.69) is 44.8 Å². The number of aryl methyl sites for hydroxylation is 1. The number of benzene rings is 1. The summed E-state index contributed by atoms with van der Waals surface area (Å²) in [6.45, 7) is 4.92. The zero-order chi connectivity index (χ0) is 15.4. The molecule has 0 aliphatic carbocycles. The minimum absolute atomic E-state index is 0.583. The van der Waals surface area contributed by atoms with Crippen molar-refractivity contribution in [3.8, 4) is 17.1 Å². The second kappa shape index (κ2) is 7.26. The van der Waals surface area contributed by atoms with Gasteiger partial charge < -0.3 is 10.1 Å². The minimum Gasteiger partial charge on any atom is -0.496 e. The minimum atomic E-state index is 0.583. The number of rotatable bonds is 5. The number of halogens is 2. The lowest BCUT2D eigenvalue weighted by molar-refractivity contribution is 0.416. The van der Waals surface area contributed by atoms with Crippen molar-refractivity contribution in [2.75, 3.05) is 19.0 Å². The van der Waals surface area contributed by atoms with Crippen molar-refractivity contribution < 1.29 is 4.74 Å². The second-order valence-corrected chi connectivity index (χ2v) is 5.84. The maximum absolute atomic E-state index is 6.33. The van der Waals surface area contributed by atoms with Crippen molar-refractivity contribution in [3.63, 3.8) is 0 Å². The van der Waals surface area contributed by atoms with E-state index in [0.29, 0.717) is 16.6 Å². The average Bonchev–Trinajstić information content (AvgIpc) is 2.49. The molecule has 0 amide bonds. The topological polar surface area (TPSA) is 47.0 Å². The number of anilines is 1. The summed E-state index contributed by atoms with van der Waals surface area (Å²) in [5.74, 6) is 2.10. The summed E-state index contributed by atoms with van der Waals surface area (Å²) in [4.78, 5) is 9.27. The molecule has 2 rings (SSSR count). The summed E-state index contributed by atoms with van der Waals surface area (Å²) in [5, 5.41) is 3.86. The van der Waals surface area contributed by atoms with Crippen LogP contribution in [0, 0.1) is 3.57 Å². The van der Waals surface area contributed by atoms with Gasteiger partial charge in [-0.25, -0.2) is 9.97 Å². The summed E-state index contributed by atoms with van der Waals surface area (Å²) in [6, 6.07) is 5.53. The Hall–Kier alpha value is -1.08. The van der Waals surface area contributed by atoms with E-state index in [4.69, 9.17) is 16.3 Å². The van der Waals surface area contributed by atoms with Crippen LogP contribution < -0.4 is 10.1 Å². The summed E-state index contributed by atoms with van der Waals surface area (Å²) in [6.07, 6.45) is 0.832. The largest absolute Gasteiger partial charge is 0.496 e. The van der Waals surface area contributed by atoms with Crippen LogP contribution in [0.25, 0.3) is 11.4 Å². The molecule has 0 unspecified atom stereocenters. The normalized spacial score (nSPS) is 10.5. The van der Waals surface area contributed by atoms with Gasteiger partial charge in [0.25, 0.3) is 0 Å². The Labute approximate surface area is 143 Å². The van der Waals surface area contributed by atoms with E-state index >= 15 is 0 Å². The third-order valence-corrected chi connectivity index (χ3v) is 4.47. The molecule has 0 atom stereocenters. The number of ether oxygens (including phenoxy) is 1. The van der Waals surface area contributed by atoms with E-state index in [1.165, 1.54) is 0 Å². The number of hydrogen-bond acceptors (Lipinski definition) is 4. The number of methoxy groups -OCH3 is 1. The molecule has 0 aliphatic rings. The fraction of sp³-hybridized carbons (Fsp3) is 0.333. The third-order valence-electron chi connectivity index (χ3n) is 3.02. The molecule has 0 saturated heterocycles. The fourth-order valence-corrected chi connectivity index (χ4v) is 3.08. The molecule has 4 nitrogen and oxygen atoms in total. The molecule has 0 fully saturated rings. The highest BCUT2D eigenvalue weighted by Gasteiger charge is 2.17. The van der Waals surface area contributed by atoms with Crippen molar-refractivity contribution in [1.82, 2.24) is 9.97 Å². The lowest BCUT2D eigenvalue weighted by atomic mass is 10.1. The first kappa shape index (κ1) is 16.3. The molecule has 0 radical (unpaired) electrons. The maximum Gasteiger partial charge on any atom is 0.167 e. The lowest BCUT2D eigenvalue weighted by Gasteiger charge is -2.14. The quantitative estimate of drug-likeness (QED) is 0.732. The molecule has 6 heteroatoms. The van der Waals surface area contributed by atoms with E-state index in [1.807, 2.05) is 25.1 Å². The molecule has 0 bridgehead atoms. The Morgan fingerprint density at radius 1 is 1.29 bits per heavy atom. The summed E-state index contributed by atoms with van der Waals surface area (Å²) in [7, 11) is 1.62. The van der Waals surface area contributed by atoms with Gasteiger partial charge in [0.05, 0.1) is 27.0 Å². The molecule has 0 saturated carbocycles. The van der Waals surface area contributed by atoms with Crippen molar-refractivity contribution >= 4 is 40.0 Å². The molecular formula is C15H17ClIN3O. The molecule has 1 aromatic carbocycles. The zero-order valence-electron chi connectivity index (χ0n) is 12.2. The highest BCUT2D eigenvalue weighted by atomic mass is 127. The SMILES string of the molecule is CCNc1nc(-c2c(Cl)cccc2OC)nc(CC)c1I. The van der Waals surface area contributed by atoms with Crippen LogP contribution in [0.4, 0.5) is 5.82 Å². The highest BCUT2D eigenvalue weighted by Crippen LogP contribution is 2.36. The average molecular weight is 418 g/mol. The molecule has 0 aliphatic heterocycles. The molecule has 1 N–H and O–H groups in total. The Bertz CT molecular complexity index is 649. The summed E-state index contributed by atoms with van der Waals surface area (Å²) < 4.78 is 6.45. The lowest BCUT2D eigenvalue weighted by Crippen LogP contribution is -2.08. The van der Waals surface area contributed by atoms with Crippen molar-refractivity contribution in [2.45, 2.75) is 20.3 Å². The first-order valence-corrected chi connectivity index (χ1v) is 8.21. The van der Waals surface area contributed by atoms with Gasteiger partial charge in [-0.15, -0.1) is 0 Å². The number of nitrogens with zero attached hydrogens (tertiary/aromatic N) is 2. The van der Waals surface area contributed by atoms with Gasteiger partial charge in [0.2, 0.25) is 0 Å². The van der Waals surface area contributed by atoms with Crippen LogP contribution in [-0.2, 0) is 6.42 Å². The van der Waals surface area contributed by atoms with Crippen LogP contribution in [0.1, 0.15) is 19.5 Å². The van der Waals surface area contributed by atoms with E-state index in [0.717, 1.165) is 33.6 Å². The summed E-state index contributed by atoms with van der Waals surface area (Å²) >= 11 is 8.60. The molecule has 1 aromatic heterocycles. The van der Waals surface area contributed by atoms with Crippen LogP contribution in [-0.4, -0.2) is 23.6 Å². The van der Waals surface area contributed by atoms with Gasteiger partial charge >= 0.3 is 0 Å². The van der Waals surface area contributed by atoms with Crippen LogP contribution in [0.5, 0.6) is 5.75 Å². The third kappa shape index (κ3) is 3.40. The van der Waals surface area contributed by atoms with Gasteiger partial charge in [0.15, 0.2) is 5.82 Å². The fourth-order valence-electron chi connectivity index (χ4n) is 2.02. The van der Waals surface area contributed by atoms with Gasteiger partial charge in [-0.1, -0.05) is 24.6 Å². The van der Waals surface area contributed by atoms with Crippen LogP contribution in [0.3, 0.4) is 0 Å². The standard InChI is InChI=1S/C15H17ClIN3O/c1-4-10-13(17)15(18-5-2)20-14(19-10)12-9(16)7-6-8-11(12)21-3/h6-8H,4-5H2,1-3H3,(H,18,19,20). The molecule has 112 valence electrons. The summed E-state index contributed by atoms with van der Waals surface area (Å²) in [5.41, 5.74) is 1.73.